The fourth-order valence-corrected chi connectivity index (χ4v) is 2.25. The Morgan fingerprint density at radius 2 is 2.43 bits per heavy atom. The molecule has 2 aliphatic rings. The van der Waals surface area contributed by atoms with Gasteiger partial charge in [-0.2, -0.15) is 0 Å². The normalized spacial score (nSPS) is 30.4. The number of aromatic nitrogens is 1. The molecule has 0 N–H and O–H groups in total. The van der Waals surface area contributed by atoms with Crippen molar-refractivity contribution in [2.24, 2.45) is 0 Å². The van der Waals surface area contributed by atoms with Gasteiger partial charge in [0.05, 0.1) is 18.3 Å². The average Bonchev–Trinajstić information content (AvgIpc) is 2.71. The second kappa shape index (κ2) is 2.60. The molecule has 0 aliphatic carbocycles. The third kappa shape index (κ3) is 0.889. The highest BCUT2D eigenvalue weighted by molar-refractivity contribution is 5.78. The van der Waals surface area contributed by atoms with E-state index in [1.807, 2.05) is 34.7 Å². The standard InChI is InChI=1S/C10H12N2O2/c1-7-6-14-10-8-3-2-4-11(8)5-9(13)12(7)10/h2-4,7,10H,5-6H2,1H3/t7-,10?/m0/s1. The highest BCUT2D eigenvalue weighted by Gasteiger charge is 2.40. The first-order chi connectivity index (χ1) is 6.77. The molecule has 1 aromatic heterocycles. The molecule has 2 atom stereocenters. The largest absolute Gasteiger partial charge is 0.350 e. The lowest BCUT2D eigenvalue weighted by molar-refractivity contribution is -0.141. The molecule has 3 rings (SSSR count). The molecule has 0 spiro atoms. The molecule has 1 amide bonds. The van der Waals surface area contributed by atoms with Crippen molar-refractivity contribution in [1.29, 1.82) is 0 Å². The molecule has 1 unspecified atom stereocenters. The quantitative estimate of drug-likeness (QED) is 0.608. The van der Waals surface area contributed by atoms with Crippen molar-refractivity contribution < 1.29 is 9.53 Å². The van der Waals surface area contributed by atoms with Gasteiger partial charge in [-0.1, -0.05) is 0 Å². The van der Waals surface area contributed by atoms with E-state index >= 15 is 0 Å². The van der Waals surface area contributed by atoms with E-state index in [1.54, 1.807) is 0 Å². The summed E-state index contributed by atoms with van der Waals surface area (Å²) in [6.45, 7) is 3.12. The molecule has 14 heavy (non-hydrogen) atoms. The van der Waals surface area contributed by atoms with Crippen LogP contribution in [0.1, 0.15) is 18.8 Å². The summed E-state index contributed by atoms with van der Waals surface area (Å²) >= 11 is 0. The first kappa shape index (κ1) is 8.05. The number of ether oxygens (including phenoxy) is 1. The van der Waals surface area contributed by atoms with E-state index in [4.69, 9.17) is 4.74 Å². The third-order valence-electron chi connectivity index (χ3n) is 2.93. The van der Waals surface area contributed by atoms with Crippen LogP contribution in [0.2, 0.25) is 0 Å². The Hall–Kier alpha value is -1.29. The van der Waals surface area contributed by atoms with Crippen molar-refractivity contribution in [2.75, 3.05) is 6.61 Å². The predicted molar refractivity (Wildman–Crippen MR) is 49.4 cm³/mol. The van der Waals surface area contributed by atoms with Crippen LogP contribution in [0.25, 0.3) is 0 Å². The third-order valence-corrected chi connectivity index (χ3v) is 2.93. The molecule has 4 nitrogen and oxygen atoms in total. The van der Waals surface area contributed by atoms with Gasteiger partial charge >= 0.3 is 0 Å². The van der Waals surface area contributed by atoms with Crippen molar-refractivity contribution in [3.05, 3.63) is 24.0 Å². The summed E-state index contributed by atoms with van der Waals surface area (Å²) in [5, 5.41) is 0. The summed E-state index contributed by atoms with van der Waals surface area (Å²) in [7, 11) is 0. The van der Waals surface area contributed by atoms with Crippen molar-refractivity contribution in [1.82, 2.24) is 9.47 Å². The number of rotatable bonds is 0. The van der Waals surface area contributed by atoms with E-state index in [0.29, 0.717) is 13.2 Å². The minimum atomic E-state index is -0.152. The van der Waals surface area contributed by atoms with Crippen LogP contribution < -0.4 is 0 Å². The fraction of sp³-hybridized carbons (Fsp3) is 0.500. The Labute approximate surface area is 82.1 Å². The van der Waals surface area contributed by atoms with Crippen LogP contribution in [-0.2, 0) is 16.1 Å². The van der Waals surface area contributed by atoms with Gasteiger partial charge in [0.2, 0.25) is 5.91 Å². The van der Waals surface area contributed by atoms with Crippen LogP contribution in [-0.4, -0.2) is 28.0 Å². The van der Waals surface area contributed by atoms with E-state index < -0.39 is 0 Å². The van der Waals surface area contributed by atoms with E-state index in [9.17, 15) is 4.79 Å². The predicted octanol–water partition coefficient (Wildman–Crippen LogP) is 0.748. The second-order valence-electron chi connectivity index (χ2n) is 3.90. The van der Waals surface area contributed by atoms with Gasteiger partial charge in [0, 0.05) is 6.20 Å². The Kier molecular flexibility index (Phi) is 1.50. The Morgan fingerprint density at radius 1 is 1.57 bits per heavy atom. The topological polar surface area (TPSA) is 34.5 Å². The van der Waals surface area contributed by atoms with Gasteiger partial charge in [0.1, 0.15) is 6.54 Å². The number of hydrogen-bond donors (Lipinski definition) is 0. The fourth-order valence-electron chi connectivity index (χ4n) is 2.25. The zero-order valence-corrected chi connectivity index (χ0v) is 8.01. The highest BCUT2D eigenvalue weighted by atomic mass is 16.5. The van der Waals surface area contributed by atoms with Gasteiger partial charge in [-0.25, -0.2) is 0 Å². The maximum Gasteiger partial charge on any atom is 0.245 e. The second-order valence-corrected chi connectivity index (χ2v) is 3.90. The van der Waals surface area contributed by atoms with Crippen molar-refractivity contribution in [3.63, 3.8) is 0 Å². The first-order valence-electron chi connectivity index (χ1n) is 4.85. The van der Waals surface area contributed by atoms with Gasteiger partial charge in [-0.3, -0.25) is 4.79 Å². The maximum atomic E-state index is 11.8. The number of carbonyl (C=O) groups excluding carboxylic acids is 1. The lowest BCUT2D eigenvalue weighted by Crippen LogP contribution is -2.43. The van der Waals surface area contributed by atoms with Gasteiger partial charge in [0.25, 0.3) is 0 Å². The molecule has 1 aromatic rings. The molecule has 4 heteroatoms. The summed E-state index contributed by atoms with van der Waals surface area (Å²) in [6, 6.07) is 4.18. The van der Waals surface area contributed by atoms with Crippen LogP contribution in [0.15, 0.2) is 18.3 Å². The molecule has 1 fully saturated rings. The van der Waals surface area contributed by atoms with E-state index in [-0.39, 0.29) is 18.2 Å². The van der Waals surface area contributed by atoms with Gasteiger partial charge < -0.3 is 14.2 Å². The molecule has 0 radical (unpaired) electrons. The Balaban J connectivity index is 2.08. The number of fused-ring (bicyclic) bond motifs is 3. The molecule has 74 valence electrons. The number of amides is 1. The molecule has 0 bridgehead atoms. The van der Waals surface area contributed by atoms with Gasteiger partial charge in [0.15, 0.2) is 6.23 Å². The zero-order chi connectivity index (χ0) is 9.71. The molecule has 1 saturated heterocycles. The molecular formula is C10H12N2O2. The smallest absolute Gasteiger partial charge is 0.245 e. The summed E-state index contributed by atoms with van der Waals surface area (Å²) in [5.74, 6) is 0.156. The summed E-state index contributed by atoms with van der Waals surface area (Å²) < 4.78 is 7.57. The molecular weight excluding hydrogens is 180 g/mol. The van der Waals surface area contributed by atoms with Crippen LogP contribution in [0.5, 0.6) is 0 Å². The summed E-state index contributed by atoms with van der Waals surface area (Å²) in [6.07, 6.45) is 1.78. The first-order valence-corrected chi connectivity index (χ1v) is 4.85. The van der Waals surface area contributed by atoms with Crippen LogP contribution in [0, 0.1) is 0 Å². The average molecular weight is 192 g/mol. The minimum Gasteiger partial charge on any atom is -0.350 e. The summed E-state index contributed by atoms with van der Waals surface area (Å²) in [5.41, 5.74) is 1.09. The van der Waals surface area contributed by atoms with Gasteiger partial charge in [-0.15, -0.1) is 0 Å². The van der Waals surface area contributed by atoms with Crippen molar-refractivity contribution in [3.8, 4) is 0 Å². The molecule has 3 heterocycles. The number of carbonyl (C=O) groups is 1. The minimum absolute atomic E-state index is 0.152. The molecule has 0 aromatic carbocycles. The molecule has 0 saturated carbocycles. The Bertz CT molecular complexity index is 385. The lowest BCUT2D eigenvalue weighted by Gasteiger charge is -2.32. The molecule has 2 aliphatic heterocycles. The van der Waals surface area contributed by atoms with Crippen LogP contribution in [0.4, 0.5) is 0 Å². The summed E-state index contributed by atoms with van der Waals surface area (Å²) in [4.78, 5) is 13.6. The van der Waals surface area contributed by atoms with E-state index in [2.05, 4.69) is 0 Å². The van der Waals surface area contributed by atoms with Crippen LogP contribution in [0.3, 0.4) is 0 Å². The van der Waals surface area contributed by atoms with Crippen molar-refractivity contribution >= 4 is 5.91 Å². The number of nitrogens with zero attached hydrogens (tertiary/aromatic N) is 2. The van der Waals surface area contributed by atoms with Gasteiger partial charge in [-0.05, 0) is 19.1 Å². The van der Waals surface area contributed by atoms with E-state index in [0.717, 1.165) is 5.69 Å². The maximum absolute atomic E-state index is 11.8. The number of hydrogen-bond acceptors (Lipinski definition) is 2. The zero-order valence-electron chi connectivity index (χ0n) is 8.01. The monoisotopic (exact) mass is 192 g/mol. The highest BCUT2D eigenvalue weighted by Crippen LogP contribution is 2.34. The Morgan fingerprint density at radius 3 is 3.29 bits per heavy atom. The van der Waals surface area contributed by atoms with Crippen molar-refractivity contribution in [2.45, 2.75) is 25.7 Å². The van der Waals surface area contributed by atoms with E-state index in [1.165, 1.54) is 0 Å². The lowest BCUT2D eigenvalue weighted by atomic mass is 10.2. The SMILES string of the molecule is C[C@H]1COC2c3cccn3CC(=O)N21. The van der Waals surface area contributed by atoms with Crippen LogP contribution >= 0.6 is 0 Å².